The summed E-state index contributed by atoms with van der Waals surface area (Å²) < 4.78 is 24.4. The monoisotopic (exact) mass is 403 g/mol. The SMILES string of the molecule is FC(F)(Br)[Se]c1c[nH]c2cccc(Br)c12. The normalized spacial score (nSPS) is 12.3. The molecule has 1 N–H and O–H groups in total. The third-order valence-electron chi connectivity index (χ3n) is 1.84. The molecule has 0 fully saturated rings. The summed E-state index contributed by atoms with van der Waals surface area (Å²) in [6.07, 6.45) is 1.64. The van der Waals surface area contributed by atoms with Crippen molar-refractivity contribution >= 4 is 62.2 Å². The number of hydrogen-bond donors (Lipinski definition) is 1. The van der Waals surface area contributed by atoms with Gasteiger partial charge in [0.25, 0.3) is 0 Å². The van der Waals surface area contributed by atoms with E-state index in [1.54, 1.807) is 6.20 Å². The van der Waals surface area contributed by atoms with E-state index in [-0.39, 0.29) is 0 Å². The molecule has 2 aromatic rings. The molecule has 1 nitrogen and oxygen atoms in total. The first-order valence-electron chi connectivity index (χ1n) is 3.99. The number of hydrogen-bond acceptors (Lipinski definition) is 0. The van der Waals surface area contributed by atoms with Crippen LogP contribution in [0, 0.1) is 0 Å². The van der Waals surface area contributed by atoms with Gasteiger partial charge in [0.2, 0.25) is 0 Å². The van der Waals surface area contributed by atoms with E-state index in [0.29, 0.717) is 4.46 Å². The van der Waals surface area contributed by atoms with Crippen molar-refractivity contribution < 1.29 is 8.78 Å². The topological polar surface area (TPSA) is 15.8 Å². The van der Waals surface area contributed by atoms with E-state index < -0.39 is 18.7 Å². The third kappa shape index (κ3) is 2.61. The fourth-order valence-corrected chi connectivity index (χ4v) is 4.54. The van der Waals surface area contributed by atoms with Crippen LogP contribution in [0.1, 0.15) is 0 Å². The minimum absolute atomic E-state index is 0.659. The number of H-pyrrole nitrogens is 1. The molecule has 1 heterocycles. The predicted octanol–water partition coefficient (Wildman–Crippen LogP) is 3.21. The molecule has 80 valence electrons. The minimum atomic E-state index is -2.80. The number of aromatic nitrogens is 1. The van der Waals surface area contributed by atoms with Crippen LogP contribution < -0.4 is 4.46 Å². The van der Waals surface area contributed by atoms with Gasteiger partial charge >= 0.3 is 109 Å². The van der Waals surface area contributed by atoms with Gasteiger partial charge in [-0.3, -0.25) is 0 Å². The molecule has 1 aromatic heterocycles. The molecule has 0 atom stereocenters. The maximum absolute atomic E-state index is 12.9. The van der Waals surface area contributed by atoms with Gasteiger partial charge in [-0.25, -0.2) is 0 Å². The van der Waals surface area contributed by atoms with Crippen molar-refractivity contribution in [1.82, 2.24) is 4.98 Å². The number of aromatic amines is 1. The summed E-state index contributed by atoms with van der Waals surface area (Å²) in [6.45, 7) is 0. The molecular formula is C9H5Br2F2NSe. The summed E-state index contributed by atoms with van der Waals surface area (Å²) in [4.78, 5) is 2.98. The summed E-state index contributed by atoms with van der Waals surface area (Å²) in [7, 11) is 0. The molecule has 0 unspecified atom stereocenters. The van der Waals surface area contributed by atoms with Crippen LogP contribution in [0.25, 0.3) is 10.9 Å². The second-order valence-electron chi connectivity index (χ2n) is 2.86. The number of nitrogens with one attached hydrogen (secondary N) is 1. The molecule has 0 bridgehead atoms. The fourth-order valence-electron chi connectivity index (χ4n) is 1.32. The van der Waals surface area contributed by atoms with Crippen molar-refractivity contribution in [3.63, 3.8) is 0 Å². The predicted molar refractivity (Wildman–Crippen MR) is 65.3 cm³/mol. The van der Waals surface area contributed by atoms with Crippen LogP contribution in [0.5, 0.6) is 0 Å². The van der Waals surface area contributed by atoms with Crippen molar-refractivity contribution in [2.45, 2.75) is 3.73 Å². The number of benzene rings is 1. The molecule has 0 radical (unpaired) electrons. The Morgan fingerprint density at radius 1 is 1.33 bits per heavy atom. The first-order valence-corrected chi connectivity index (χ1v) is 7.28. The van der Waals surface area contributed by atoms with E-state index in [0.717, 1.165) is 15.4 Å². The molecule has 0 saturated heterocycles. The molecule has 0 saturated carbocycles. The zero-order valence-electron chi connectivity index (χ0n) is 7.23. The van der Waals surface area contributed by atoms with E-state index in [4.69, 9.17) is 0 Å². The van der Waals surface area contributed by atoms with Crippen LogP contribution in [0.4, 0.5) is 8.78 Å². The molecule has 6 heteroatoms. The van der Waals surface area contributed by atoms with Gasteiger partial charge in [-0.1, -0.05) is 0 Å². The Morgan fingerprint density at radius 2 is 2.07 bits per heavy atom. The fraction of sp³-hybridized carbons (Fsp3) is 0.111. The number of halogens is 4. The molecule has 0 spiro atoms. The van der Waals surface area contributed by atoms with Crippen molar-refractivity contribution in [3.05, 3.63) is 28.9 Å². The number of alkyl halides is 3. The Balaban J connectivity index is 2.53. The van der Waals surface area contributed by atoms with Crippen molar-refractivity contribution in [3.8, 4) is 0 Å². The molecule has 15 heavy (non-hydrogen) atoms. The van der Waals surface area contributed by atoms with Crippen LogP contribution in [0.15, 0.2) is 28.9 Å². The van der Waals surface area contributed by atoms with Gasteiger partial charge < -0.3 is 0 Å². The second kappa shape index (κ2) is 4.17. The van der Waals surface area contributed by atoms with Crippen LogP contribution in [-0.2, 0) is 0 Å². The van der Waals surface area contributed by atoms with Crippen molar-refractivity contribution in [2.75, 3.05) is 0 Å². The van der Waals surface area contributed by atoms with E-state index in [9.17, 15) is 8.78 Å². The first-order chi connectivity index (χ1) is 6.97. The number of fused-ring (bicyclic) bond motifs is 1. The average Bonchev–Trinajstić information content (AvgIpc) is 2.47. The first kappa shape index (κ1) is 11.6. The zero-order chi connectivity index (χ0) is 11.1. The summed E-state index contributed by atoms with van der Waals surface area (Å²) in [6, 6.07) is 5.58. The van der Waals surface area contributed by atoms with E-state index in [1.807, 2.05) is 18.2 Å². The molecule has 0 amide bonds. The molecule has 2 rings (SSSR count). The number of rotatable bonds is 2. The van der Waals surface area contributed by atoms with Gasteiger partial charge in [-0.2, -0.15) is 0 Å². The summed E-state index contributed by atoms with van der Waals surface area (Å²) in [5.41, 5.74) is 0.873. The molecule has 0 aliphatic carbocycles. The molecule has 0 aliphatic rings. The van der Waals surface area contributed by atoms with E-state index in [2.05, 4.69) is 36.8 Å². The molecule has 1 aromatic carbocycles. The summed E-state index contributed by atoms with van der Waals surface area (Å²) in [5.74, 6) is 0. The van der Waals surface area contributed by atoms with Crippen LogP contribution in [-0.4, -0.2) is 23.7 Å². The zero-order valence-corrected chi connectivity index (χ0v) is 12.1. The Bertz CT molecular complexity index is 492. The van der Waals surface area contributed by atoms with Gasteiger partial charge in [0, 0.05) is 0 Å². The Labute approximate surface area is 108 Å². The Kier molecular flexibility index (Phi) is 3.22. The summed E-state index contributed by atoms with van der Waals surface area (Å²) >= 11 is 4.82. The molecular weight excluding hydrogens is 399 g/mol. The third-order valence-corrected chi connectivity index (χ3v) is 4.97. The van der Waals surface area contributed by atoms with Crippen LogP contribution in [0.3, 0.4) is 0 Å². The quantitative estimate of drug-likeness (QED) is 0.585. The Morgan fingerprint density at radius 3 is 2.73 bits per heavy atom. The van der Waals surface area contributed by atoms with Crippen molar-refractivity contribution in [2.24, 2.45) is 0 Å². The summed E-state index contributed by atoms with van der Waals surface area (Å²) in [5, 5.41) is 0.844. The van der Waals surface area contributed by atoms with Gasteiger partial charge in [-0.15, -0.1) is 0 Å². The second-order valence-corrected chi connectivity index (χ2v) is 8.32. The van der Waals surface area contributed by atoms with Gasteiger partial charge in [0.1, 0.15) is 0 Å². The Hall–Kier alpha value is 0.0995. The van der Waals surface area contributed by atoms with Crippen LogP contribution in [0.2, 0.25) is 0 Å². The standard InChI is InChI=1S/C9H5Br2F2NSe/c10-5-2-1-3-6-8(5)7(4-14-6)15-9(11,12)13/h1-4,14H. The van der Waals surface area contributed by atoms with Gasteiger partial charge in [0.05, 0.1) is 0 Å². The van der Waals surface area contributed by atoms with Crippen LogP contribution >= 0.6 is 31.9 Å². The van der Waals surface area contributed by atoms with Gasteiger partial charge in [0.15, 0.2) is 0 Å². The maximum atomic E-state index is 12.9. The van der Waals surface area contributed by atoms with E-state index >= 15 is 0 Å². The molecule has 0 aliphatic heterocycles. The van der Waals surface area contributed by atoms with E-state index in [1.165, 1.54) is 0 Å². The average molecular weight is 404 g/mol. The van der Waals surface area contributed by atoms with Gasteiger partial charge in [-0.05, 0) is 0 Å². The van der Waals surface area contributed by atoms with Crippen molar-refractivity contribution in [1.29, 1.82) is 0 Å².